The first-order chi connectivity index (χ1) is 10.4. The summed E-state index contributed by atoms with van der Waals surface area (Å²) in [6, 6.07) is 0. The van der Waals surface area contributed by atoms with Crippen LogP contribution in [-0.4, -0.2) is 35.8 Å². The zero-order chi connectivity index (χ0) is 21.5. The number of aliphatic carboxylic acids is 6. The van der Waals surface area contributed by atoms with Crippen molar-refractivity contribution < 1.29 is 203 Å². The van der Waals surface area contributed by atoms with E-state index < -0.39 is 35.8 Å². The van der Waals surface area contributed by atoms with Crippen LogP contribution in [0.1, 0.15) is 41.5 Å². The SMILES string of the molecule is CC(=O)[O-].CC(=O)[O-].CC(=O)[O-].CC(=O)[O-].CC(=O)[O-].CC(=O)[O-].[Br-].[Br-].[Co+2].[Mn+2].[Mn+2].[Na+].[Na+]. The number of carboxylic acid groups (broad SMARTS) is 6. The molecule has 19 heteroatoms. The monoisotopic (exact) mass is 727 g/mol. The molecule has 12 nitrogen and oxygen atoms in total. The Kier molecular flexibility index (Phi) is 211. The summed E-state index contributed by atoms with van der Waals surface area (Å²) in [6.45, 7) is 5.83. The van der Waals surface area contributed by atoms with Crippen LogP contribution in [-0.2, 0) is 79.7 Å². The molecule has 0 aliphatic carbocycles. The van der Waals surface area contributed by atoms with Gasteiger partial charge in [-0.3, -0.25) is 0 Å². The smallest absolute Gasteiger partial charge is 1.00 e. The molecule has 0 aliphatic heterocycles. The second kappa shape index (κ2) is 77.1. The van der Waals surface area contributed by atoms with Gasteiger partial charge in [-0.15, -0.1) is 0 Å². The fraction of sp³-hybridized carbons (Fsp3) is 0.500. The van der Waals surface area contributed by atoms with Gasteiger partial charge >= 0.3 is 110 Å². The molecular weight excluding hydrogens is 711 g/mol. The summed E-state index contributed by atoms with van der Waals surface area (Å²) in [4.78, 5) is 53.3. The van der Waals surface area contributed by atoms with Crippen molar-refractivity contribution in [3.05, 3.63) is 0 Å². The molecule has 0 aromatic heterocycles. The summed E-state index contributed by atoms with van der Waals surface area (Å²) in [5.41, 5.74) is 0. The van der Waals surface area contributed by atoms with Gasteiger partial charge in [0.1, 0.15) is 0 Å². The first-order valence-electron chi connectivity index (χ1n) is 5.45. The van der Waals surface area contributed by atoms with Gasteiger partial charge in [-0.1, -0.05) is 0 Å². The molecule has 0 bridgehead atoms. The van der Waals surface area contributed by atoms with Gasteiger partial charge in [0, 0.05) is 35.8 Å². The summed E-state index contributed by atoms with van der Waals surface area (Å²) in [5.74, 6) is -6.50. The maximum absolute atomic E-state index is 8.89. The Morgan fingerprint density at radius 3 is 0.387 bits per heavy atom. The van der Waals surface area contributed by atoms with Crippen molar-refractivity contribution >= 4 is 35.8 Å². The van der Waals surface area contributed by atoms with E-state index in [1.165, 1.54) is 0 Å². The molecular formula is C12H18Br2CoMn2Na2O12. The second-order valence-electron chi connectivity index (χ2n) is 2.95. The molecule has 0 aromatic rings. The molecule has 0 spiro atoms. The van der Waals surface area contributed by atoms with Gasteiger partial charge in [0.2, 0.25) is 0 Å². The van der Waals surface area contributed by atoms with Crippen LogP contribution in [0.5, 0.6) is 0 Å². The minimum Gasteiger partial charge on any atom is -1.00 e. The molecule has 0 heterocycles. The number of hydrogen-bond donors (Lipinski definition) is 0. The predicted molar refractivity (Wildman–Crippen MR) is 64.1 cm³/mol. The van der Waals surface area contributed by atoms with Crippen molar-refractivity contribution in [3.63, 3.8) is 0 Å². The third kappa shape index (κ3) is 15300. The van der Waals surface area contributed by atoms with E-state index in [2.05, 4.69) is 0 Å². The predicted octanol–water partition coefficient (Wildman–Crippen LogP) is -19.5. The van der Waals surface area contributed by atoms with E-state index in [4.69, 9.17) is 59.4 Å². The summed E-state index contributed by atoms with van der Waals surface area (Å²) in [6.07, 6.45) is 0. The quantitative estimate of drug-likeness (QED) is 0.211. The molecule has 3 radical (unpaired) electrons. The van der Waals surface area contributed by atoms with E-state index in [0.717, 1.165) is 41.5 Å². The fourth-order valence-electron chi connectivity index (χ4n) is 0. The van der Waals surface area contributed by atoms with E-state index >= 15 is 0 Å². The number of hydrogen-bond acceptors (Lipinski definition) is 12. The molecule has 0 fully saturated rings. The average molecular weight is 729 g/mol. The number of carbonyl (C=O) groups is 6. The molecule has 0 aromatic carbocycles. The van der Waals surface area contributed by atoms with Gasteiger partial charge in [-0.05, 0) is 41.5 Å². The Hall–Kier alpha value is 1.33. The molecule has 0 saturated heterocycles. The summed E-state index contributed by atoms with van der Waals surface area (Å²) < 4.78 is 0. The van der Waals surface area contributed by atoms with Gasteiger partial charge in [0.15, 0.2) is 0 Å². The molecule has 0 unspecified atom stereocenters. The van der Waals surface area contributed by atoms with Crippen LogP contribution < -0.4 is 124 Å². The third-order valence-electron chi connectivity index (χ3n) is 0. The first kappa shape index (κ1) is 84.9. The Morgan fingerprint density at radius 2 is 0.387 bits per heavy atom. The van der Waals surface area contributed by atoms with E-state index in [1.807, 2.05) is 0 Å². The number of halogens is 2. The topological polar surface area (TPSA) is 241 Å². The average Bonchev–Trinajstić information content (AvgIpc) is 2.08. The summed E-state index contributed by atoms with van der Waals surface area (Å²) in [7, 11) is 0. The second-order valence-corrected chi connectivity index (χ2v) is 2.95. The van der Waals surface area contributed by atoms with Crippen LogP contribution in [0.3, 0.4) is 0 Å². The molecule has 0 saturated carbocycles. The van der Waals surface area contributed by atoms with Crippen molar-refractivity contribution in [2.45, 2.75) is 41.5 Å². The van der Waals surface area contributed by atoms with E-state index in [9.17, 15) is 0 Å². The molecule has 0 aliphatic rings. The molecule has 0 amide bonds. The summed E-state index contributed by atoms with van der Waals surface area (Å²) in [5, 5.41) is 53.3. The van der Waals surface area contributed by atoms with Crippen LogP contribution in [0, 0.1) is 0 Å². The normalized spacial score (nSPS) is 4.84. The maximum Gasteiger partial charge on any atom is 2.00 e. The minimum absolute atomic E-state index is 0. The zero-order valence-electron chi connectivity index (χ0n) is 17.7. The Labute approximate surface area is 277 Å². The fourth-order valence-corrected chi connectivity index (χ4v) is 0. The van der Waals surface area contributed by atoms with Gasteiger partial charge in [-0.25, -0.2) is 0 Å². The van der Waals surface area contributed by atoms with Crippen molar-refractivity contribution in [1.82, 2.24) is 0 Å². The number of carbonyl (C=O) groups excluding carboxylic acids is 6. The molecule has 0 atom stereocenters. The molecule has 0 N–H and O–H groups in total. The van der Waals surface area contributed by atoms with Gasteiger partial charge in [0.25, 0.3) is 0 Å². The van der Waals surface area contributed by atoms with Gasteiger partial charge in [-0.2, -0.15) is 0 Å². The standard InChI is InChI=1S/6C2H4O2.2BrH.Co.2Mn.2Na/c6*1-2(3)4;;;;;;;/h6*1H3,(H,3,4);2*1H;;;;;/q;;;;;;;;3*+2;2*+1/p-8. The largest absolute Gasteiger partial charge is 2.00 e. The summed E-state index contributed by atoms with van der Waals surface area (Å²) >= 11 is 0. The van der Waals surface area contributed by atoms with E-state index in [-0.39, 0.29) is 144 Å². The van der Waals surface area contributed by atoms with Crippen molar-refractivity contribution in [3.8, 4) is 0 Å². The number of carboxylic acids is 6. The number of rotatable bonds is 0. The van der Waals surface area contributed by atoms with Crippen molar-refractivity contribution in [2.24, 2.45) is 0 Å². The van der Waals surface area contributed by atoms with Crippen molar-refractivity contribution in [2.75, 3.05) is 0 Å². The minimum atomic E-state index is -1.08. The first-order valence-corrected chi connectivity index (χ1v) is 5.45. The van der Waals surface area contributed by atoms with E-state index in [0.29, 0.717) is 0 Å². The zero-order valence-corrected chi connectivity index (χ0v) is 28.3. The van der Waals surface area contributed by atoms with Crippen molar-refractivity contribution in [1.29, 1.82) is 0 Å². The van der Waals surface area contributed by atoms with E-state index in [1.54, 1.807) is 0 Å². The maximum atomic E-state index is 8.89. The van der Waals surface area contributed by atoms with Crippen LogP contribution in [0.15, 0.2) is 0 Å². The Balaban J connectivity index is -0.0000000109. The van der Waals surface area contributed by atoms with Crippen LogP contribution in [0.25, 0.3) is 0 Å². The van der Waals surface area contributed by atoms with Crippen LogP contribution in [0.4, 0.5) is 0 Å². The Morgan fingerprint density at radius 1 is 0.387 bits per heavy atom. The van der Waals surface area contributed by atoms with Crippen LogP contribution >= 0.6 is 0 Å². The Bertz CT molecular complexity index is 293. The molecule has 31 heavy (non-hydrogen) atoms. The molecule has 177 valence electrons. The third-order valence-corrected chi connectivity index (χ3v) is 0. The molecule has 0 rings (SSSR count). The van der Waals surface area contributed by atoms with Gasteiger partial charge in [0.05, 0.1) is 0 Å². The van der Waals surface area contributed by atoms with Crippen LogP contribution in [0.2, 0.25) is 0 Å². The van der Waals surface area contributed by atoms with Gasteiger partial charge < -0.3 is 93.4 Å².